The molecule has 104 valence electrons. The second-order valence-corrected chi connectivity index (χ2v) is 5.08. The van der Waals surface area contributed by atoms with Gasteiger partial charge < -0.3 is 5.73 Å². The lowest BCUT2D eigenvalue weighted by Gasteiger charge is -2.11. The molecule has 0 atom stereocenters. The zero-order valence-electron chi connectivity index (χ0n) is 12.2. The Morgan fingerprint density at radius 3 is 2.67 bits per heavy atom. The van der Waals surface area contributed by atoms with Crippen LogP contribution in [0.5, 0.6) is 0 Å². The summed E-state index contributed by atoms with van der Waals surface area (Å²) in [5.74, 6) is 0.463. The van der Waals surface area contributed by atoms with Crippen LogP contribution in [0.3, 0.4) is 0 Å². The molecule has 0 aliphatic heterocycles. The highest BCUT2D eigenvalue weighted by Gasteiger charge is 2.18. The van der Waals surface area contributed by atoms with E-state index in [9.17, 15) is 5.26 Å². The smallest absolute Gasteiger partial charge is 0.150 e. The first-order chi connectivity index (χ1) is 10.1. The summed E-state index contributed by atoms with van der Waals surface area (Å²) in [5, 5.41) is 10.3. The second-order valence-electron chi connectivity index (χ2n) is 5.08. The van der Waals surface area contributed by atoms with E-state index in [1.54, 1.807) is 0 Å². The molecule has 1 aromatic carbocycles. The molecule has 0 spiro atoms. The van der Waals surface area contributed by atoms with Gasteiger partial charge in [-0.15, -0.1) is 0 Å². The predicted octanol–water partition coefficient (Wildman–Crippen LogP) is 2.80. The molecule has 0 saturated carbocycles. The van der Waals surface area contributed by atoms with Gasteiger partial charge in [0.1, 0.15) is 18.2 Å². The predicted molar refractivity (Wildman–Crippen MR) is 82.2 cm³/mol. The van der Waals surface area contributed by atoms with Gasteiger partial charge in [0, 0.05) is 5.69 Å². The molecule has 5 heteroatoms. The monoisotopic (exact) mass is 277 g/mol. The van der Waals surface area contributed by atoms with Crippen LogP contribution in [-0.2, 0) is 0 Å². The first-order valence-corrected chi connectivity index (χ1v) is 6.64. The number of rotatable bonds is 1. The lowest BCUT2D eigenvalue weighted by molar-refractivity contribution is 1.01. The number of fused-ring (bicyclic) bond motifs is 1. The van der Waals surface area contributed by atoms with Crippen molar-refractivity contribution >= 4 is 16.9 Å². The number of nitrogens with zero attached hydrogens (tertiary/aromatic N) is 4. The summed E-state index contributed by atoms with van der Waals surface area (Å²) in [6.07, 6.45) is 1.45. The third kappa shape index (κ3) is 1.77. The molecule has 0 fully saturated rings. The summed E-state index contributed by atoms with van der Waals surface area (Å²) in [7, 11) is 0. The number of hydrogen-bond acceptors (Lipinski definition) is 4. The molecule has 0 unspecified atom stereocenters. The Morgan fingerprint density at radius 1 is 1.19 bits per heavy atom. The zero-order chi connectivity index (χ0) is 15.1. The van der Waals surface area contributed by atoms with Crippen molar-refractivity contribution in [3.05, 3.63) is 46.9 Å². The number of aryl methyl sites for hydroxylation is 2. The van der Waals surface area contributed by atoms with Crippen molar-refractivity contribution < 1.29 is 0 Å². The van der Waals surface area contributed by atoms with Crippen LogP contribution in [0, 0.1) is 32.1 Å². The number of nitriles is 1. The summed E-state index contributed by atoms with van der Waals surface area (Å²) in [6, 6.07) is 8.08. The summed E-state index contributed by atoms with van der Waals surface area (Å²) in [6.45, 7) is 5.93. The van der Waals surface area contributed by atoms with Crippen LogP contribution in [0.25, 0.3) is 16.7 Å². The van der Waals surface area contributed by atoms with Gasteiger partial charge in [-0.3, -0.25) is 4.57 Å². The molecule has 0 radical (unpaired) electrons. The van der Waals surface area contributed by atoms with E-state index in [1.807, 2.05) is 43.5 Å². The third-order valence-corrected chi connectivity index (χ3v) is 3.93. The minimum absolute atomic E-state index is 0.463. The van der Waals surface area contributed by atoms with Crippen LogP contribution in [-0.4, -0.2) is 14.5 Å². The third-order valence-electron chi connectivity index (χ3n) is 3.93. The molecule has 0 aliphatic rings. The van der Waals surface area contributed by atoms with E-state index in [0.717, 1.165) is 33.5 Å². The average Bonchev–Trinajstić information content (AvgIpc) is 2.72. The van der Waals surface area contributed by atoms with Crippen molar-refractivity contribution in [2.45, 2.75) is 20.8 Å². The Labute approximate surface area is 122 Å². The summed E-state index contributed by atoms with van der Waals surface area (Å²) in [4.78, 5) is 8.43. The number of hydrogen-bond donors (Lipinski definition) is 1. The van der Waals surface area contributed by atoms with Crippen LogP contribution in [0.15, 0.2) is 24.5 Å². The Morgan fingerprint density at radius 2 is 1.95 bits per heavy atom. The summed E-state index contributed by atoms with van der Waals surface area (Å²) in [5.41, 5.74) is 11.2. The van der Waals surface area contributed by atoms with Gasteiger partial charge in [0.25, 0.3) is 0 Å². The van der Waals surface area contributed by atoms with Gasteiger partial charge in [0.05, 0.1) is 16.6 Å². The Hall–Kier alpha value is -2.87. The number of benzene rings is 1. The van der Waals surface area contributed by atoms with Gasteiger partial charge in [-0.2, -0.15) is 5.26 Å². The summed E-state index contributed by atoms with van der Waals surface area (Å²) >= 11 is 0. The number of aromatic nitrogens is 3. The van der Waals surface area contributed by atoms with Crippen molar-refractivity contribution in [3.63, 3.8) is 0 Å². The van der Waals surface area contributed by atoms with Crippen LogP contribution < -0.4 is 5.73 Å². The second kappa shape index (κ2) is 4.60. The molecule has 21 heavy (non-hydrogen) atoms. The van der Waals surface area contributed by atoms with Crippen molar-refractivity contribution in [2.75, 3.05) is 5.73 Å². The molecule has 0 amide bonds. The number of anilines is 1. The minimum Gasteiger partial charge on any atom is -0.383 e. The zero-order valence-corrected chi connectivity index (χ0v) is 12.2. The fraction of sp³-hybridized carbons (Fsp3) is 0.188. The molecule has 5 nitrogen and oxygen atoms in total. The Kier molecular flexibility index (Phi) is 2.88. The molecule has 3 rings (SSSR count). The van der Waals surface area contributed by atoms with E-state index >= 15 is 0 Å². The fourth-order valence-electron chi connectivity index (χ4n) is 2.71. The first kappa shape index (κ1) is 13.1. The fourth-order valence-corrected chi connectivity index (χ4v) is 2.71. The van der Waals surface area contributed by atoms with Gasteiger partial charge in [0.2, 0.25) is 0 Å². The molecule has 3 aromatic rings. The van der Waals surface area contributed by atoms with Crippen molar-refractivity contribution in [3.8, 4) is 11.8 Å². The van der Waals surface area contributed by atoms with Crippen LogP contribution in [0.2, 0.25) is 0 Å². The van der Waals surface area contributed by atoms with Crippen LogP contribution >= 0.6 is 0 Å². The normalized spacial score (nSPS) is 10.8. The highest BCUT2D eigenvalue weighted by Crippen LogP contribution is 2.31. The van der Waals surface area contributed by atoms with E-state index in [1.165, 1.54) is 6.33 Å². The maximum Gasteiger partial charge on any atom is 0.150 e. The molecule has 2 aromatic heterocycles. The lowest BCUT2D eigenvalue weighted by atomic mass is 10.1. The molecule has 2 heterocycles. The average molecular weight is 277 g/mol. The largest absolute Gasteiger partial charge is 0.383 e. The first-order valence-electron chi connectivity index (χ1n) is 6.64. The molecule has 2 N–H and O–H groups in total. The Balaban J connectivity index is 2.48. The quantitative estimate of drug-likeness (QED) is 0.741. The molecular formula is C16H15N5. The molecular weight excluding hydrogens is 262 g/mol. The van der Waals surface area contributed by atoms with E-state index in [0.29, 0.717) is 11.4 Å². The van der Waals surface area contributed by atoms with E-state index in [-0.39, 0.29) is 0 Å². The van der Waals surface area contributed by atoms with Gasteiger partial charge in [0.15, 0.2) is 5.65 Å². The van der Waals surface area contributed by atoms with Gasteiger partial charge in [-0.1, -0.05) is 12.1 Å². The van der Waals surface area contributed by atoms with E-state index < -0.39 is 0 Å². The maximum absolute atomic E-state index is 9.46. The Bertz CT molecular complexity index is 899. The standard InChI is InChI=1S/C16H15N5/c1-9-5-4-6-13(12(9)7-17)21-11(3)10(2)14-15(18)19-8-20-16(14)21/h4-6,8H,1-3H3,(H2,18,19,20). The lowest BCUT2D eigenvalue weighted by Crippen LogP contribution is -2.02. The van der Waals surface area contributed by atoms with Crippen molar-refractivity contribution in [2.24, 2.45) is 0 Å². The molecule has 0 saturated heterocycles. The highest BCUT2D eigenvalue weighted by atomic mass is 15.1. The van der Waals surface area contributed by atoms with Crippen molar-refractivity contribution in [1.29, 1.82) is 5.26 Å². The van der Waals surface area contributed by atoms with Gasteiger partial charge in [-0.25, -0.2) is 9.97 Å². The number of nitrogens with two attached hydrogens (primary N) is 1. The van der Waals surface area contributed by atoms with Gasteiger partial charge in [-0.05, 0) is 38.0 Å². The van der Waals surface area contributed by atoms with Crippen LogP contribution in [0.4, 0.5) is 5.82 Å². The van der Waals surface area contributed by atoms with Crippen LogP contribution in [0.1, 0.15) is 22.4 Å². The van der Waals surface area contributed by atoms with E-state index in [2.05, 4.69) is 16.0 Å². The molecule has 0 bridgehead atoms. The van der Waals surface area contributed by atoms with Crippen molar-refractivity contribution in [1.82, 2.24) is 14.5 Å². The van der Waals surface area contributed by atoms with E-state index in [4.69, 9.17) is 5.73 Å². The van der Waals surface area contributed by atoms with Gasteiger partial charge >= 0.3 is 0 Å². The minimum atomic E-state index is 0.463. The summed E-state index contributed by atoms with van der Waals surface area (Å²) < 4.78 is 1.98. The number of nitrogen functional groups attached to an aromatic ring is 1. The topological polar surface area (TPSA) is 80.5 Å². The SMILES string of the molecule is Cc1cccc(-n2c(C)c(C)c3c(N)ncnc32)c1C#N. The highest BCUT2D eigenvalue weighted by molar-refractivity contribution is 5.92. The molecule has 0 aliphatic carbocycles. The maximum atomic E-state index is 9.46.